The Labute approximate surface area is 121 Å². The van der Waals surface area contributed by atoms with Crippen molar-refractivity contribution in [2.45, 2.75) is 25.7 Å². The molecule has 2 nitrogen and oxygen atoms in total. The van der Waals surface area contributed by atoms with Crippen LogP contribution in [0.25, 0.3) is 0 Å². The van der Waals surface area contributed by atoms with Crippen molar-refractivity contribution in [3.8, 4) is 5.75 Å². The molecule has 0 saturated heterocycles. The van der Waals surface area contributed by atoms with E-state index in [4.69, 9.17) is 10.5 Å². The molecule has 0 aromatic heterocycles. The molecule has 2 aromatic rings. The van der Waals surface area contributed by atoms with Crippen molar-refractivity contribution in [2.75, 3.05) is 13.2 Å². The van der Waals surface area contributed by atoms with Crippen LogP contribution in [0.15, 0.2) is 54.6 Å². The zero-order valence-corrected chi connectivity index (χ0v) is 12.1. The second-order valence-electron chi connectivity index (χ2n) is 5.00. The van der Waals surface area contributed by atoms with Crippen LogP contribution >= 0.6 is 0 Å². The molecule has 106 valence electrons. The molecule has 0 bridgehead atoms. The quantitative estimate of drug-likeness (QED) is 0.830. The maximum absolute atomic E-state index is 5.96. The van der Waals surface area contributed by atoms with E-state index in [1.54, 1.807) is 0 Å². The van der Waals surface area contributed by atoms with Gasteiger partial charge >= 0.3 is 0 Å². The molecule has 1 atom stereocenters. The molecule has 0 heterocycles. The molecule has 0 aliphatic heterocycles. The van der Waals surface area contributed by atoms with Gasteiger partial charge in [-0.2, -0.15) is 0 Å². The monoisotopic (exact) mass is 269 g/mol. The summed E-state index contributed by atoms with van der Waals surface area (Å²) in [4.78, 5) is 0. The van der Waals surface area contributed by atoms with Crippen LogP contribution in [0.5, 0.6) is 5.75 Å². The van der Waals surface area contributed by atoms with Gasteiger partial charge in [0.05, 0.1) is 6.61 Å². The van der Waals surface area contributed by atoms with E-state index >= 15 is 0 Å². The van der Waals surface area contributed by atoms with Gasteiger partial charge in [-0.1, -0.05) is 55.5 Å². The van der Waals surface area contributed by atoms with E-state index < -0.39 is 0 Å². The van der Waals surface area contributed by atoms with Gasteiger partial charge in [-0.3, -0.25) is 0 Å². The maximum Gasteiger partial charge on any atom is 0.122 e. The van der Waals surface area contributed by atoms with Gasteiger partial charge in [0.25, 0.3) is 0 Å². The van der Waals surface area contributed by atoms with Crippen molar-refractivity contribution in [3.63, 3.8) is 0 Å². The van der Waals surface area contributed by atoms with Gasteiger partial charge in [0, 0.05) is 5.92 Å². The first kappa shape index (κ1) is 14.6. The summed E-state index contributed by atoms with van der Waals surface area (Å²) >= 11 is 0. The Morgan fingerprint density at radius 2 is 1.70 bits per heavy atom. The zero-order chi connectivity index (χ0) is 14.2. The molecule has 0 aliphatic rings. The van der Waals surface area contributed by atoms with Gasteiger partial charge in [-0.05, 0) is 36.6 Å². The molecule has 2 heteroatoms. The summed E-state index contributed by atoms with van der Waals surface area (Å²) in [5, 5.41) is 0. The highest BCUT2D eigenvalue weighted by atomic mass is 16.5. The number of rotatable bonds is 7. The molecule has 20 heavy (non-hydrogen) atoms. The van der Waals surface area contributed by atoms with Crippen molar-refractivity contribution >= 4 is 0 Å². The van der Waals surface area contributed by atoms with Crippen molar-refractivity contribution in [3.05, 3.63) is 65.7 Å². The summed E-state index contributed by atoms with van der Waals surface area (Å²) < 4.78 is 5.83. The lowest BCUT2D eigenvalue weighted by Crippen LogP contribution is -2.15. The van der Waals surface area contributed by atoms with E-state index in [0.29, 0.717) is 12.5 Å². The average Bonchev–Trinajstić information content (AvgIpc) is 2.52. The smallest absolute Gasteiger partial charge is 0.122 e. The average molecular weight is 269 g/mol. The SMILES string of the molecule is CCCOc1ccccc1CC(CN)c1ccccc1. The summed E-state index contributed by atoms with van der Waals surface area (Å²) in [6, 6.07) is 18.7. The summed E-state index contributed by atoms with van der Waals surface area (Å²) in [7, 11) is 0. The minimum atomic E-state index is 0.336. The second-order valence-corrected chi connectivity index (χ2v) is 5.00. The molecule has 1 unspecified atom stereocenters. The Morgan fingerprint density at radius 1 is 1.00 bits per heavy atom. The molecule has 0 saturated carbocycles. The third-order valence-electron chi connectivity index (χ3n) is 3.46. The molecule has 0 amide bonds. The Kier molecular flexibility index (Phi) is 5.63. The first-order valence-corrected chi connectivity index (χ1v) is 7.30. The van der Waals surface area contributed by atoms with Crippen molar-refractivity contribution in [1.82, 2.24) is 0 Å². The first-order valence-electron chi connectivity index (χ1n) is 7.30. The Morgan fingerprint density at radius 3 is 2.40 bits per heavy atom. The summed E-state index contributed by atoms with van der Waals surface area (Å²) in [5.74, 6) is 1.33. The van der Waals surface area contributed by atoms with Crippen LogP contribution in [-0.4, -0.2) is 13.2 Å². The molecular weight excluding hydrogens is 246 g/mol. The number of benzene rings is 2. The second kappa shape index (κ2) is 7.71. The van der Waals surface area contributed by atoms with Gasteiger partial charge in [0.15, 0.2) is 0 Å². The molecule has 2 N–H and O–H groups in total. The van der Waals surface area contributed by atoms with Gasteiger partial charge in [-0.15, -0.1) is 0 Å². The molecule has 0 aliphatic carbocycles. The Bertz CT molecular complexity index is 510. The van der Waals surface area contributed by atoms with Crippen LogP contribution in [0, 0.1) is 0 Å². The third-order valence-corrected chi connectivity index (χ3v) is 3.46. The van der Waals surface area contributed by atoms with Gasteiger partial charge in [-0.25, -0.2) is 0 Å². The highest BCUT2D eigenvalue weighted by Gasteiger charge is 2.13. The fourth-order valence-electron chi connectivity index (χ4n) is 2.35. The van der Waals surface area contributed by atoms with E-state index in [1.807, 2.05) is 18.2 Å². The Balaban J connectivity index is 2.15. The van der Waals surface area contributed by atoms with E-state index in [9.17, 15) is 0 Å². The number of nitrogens with two attached hydrogens (primary N) is 1. The van der Waals surface area contributed by atoms with Gasteiger partial charge in [0.2, 0.25) is 0 Å². The molecule has 0 radical (unpaired) electrons. The predicted molar refractivity (Wildman–Crippen MR) is 84.2 cm³/mol. The van der Waals surface area contributed by atoms with Crippen molar-refractivity contribution in [2.24, 2.45) is 5.73 Å². The van der Waals surface area contributed by atoms with Crippen LogP contribution in [0.3, 0.4) is 0 Å². The number of hydrogen-bond donors (Lipinski definition) is 1. The highest BCUT2D eigenvalue weighted by molar-refractivity contribution is 5.35. The van der Waals surface area contributed by atoms with E-state index in [-0.39, 0.29) is 0 Å². The number of para-hydroxylation sites is 1. The molecule has 0 fully saturated rings. The fraction of sp³-hybridized carbons (Fsp3) is 0.333. The molecule has 2 rings (SSSR count). The zero-order valence-electron chi connectivity index (χ0n) is 12.1. The van der Waals surface area contributed by atoms with E-state index in [1.165, 1.54) is 11.1 Å². The lowest BCUT2D eigenvalue weighted by molar-refractivity contribution is 0.313. The van der Waals surface area contributed by atoms with Crippen LogP contribution in [0.4, 0.5) is 0 Å². The fourth-order valence-corrected chi connectivity index (χ4v) is 2.35. The molecule has 0 spiro atoms. The highest BCUT2D eigenvalue weighted by Crippen LogP contribution is 2.26. The summed E-state index contributed by atoms with van der Waals surface area (Å²) in [6.07, 6.45) is 1.94. The standard InChI is InChI=1S/C18H23NO/c1-2-12-20-18-11-7-6-10-16(18)13-17(14-19)15-8-4-3-5-9-15/h3-11,17H,2,12-14,19H2,1H3. The normalized spacial score (nSPS) is 12.1. The van der Waals surface area contributed by atoms with Gasteiger partial charge < -0.3 is 10.5 Å². The lowest BCUT2D eigenvalue weighted by atomic mass is 9.92. The van der Waals surface area contributed by atoms with E-state index in [2.05, 4.69) is 43.3 Å². The van der Waals surface area contributed by atoms with Gasteiger partial charge in [0.1, 0.15) is 5.75 Å². The topological polar surface area (TPSA) is 35.2 Å². The lowest BCUT2D eigenvalue weighted by Gasteiger charge is -2.18. The van der Waals surface area contributed by atoms with Crippen LogP contribution < -0.4 is 10.5 Å². The van der Waals surface area contributed by atoms with Crippen LogP contribution in [-0.2, 0) is 6.42 Å². The molecule has 2 aromatic carbocycles. The molecular formula is C18H23NO. The van der Waals surface area contributed by atoms with E-state index in [0.717, 1.165) is 25.2 Å². The summed E-state index contributed by atoms with van der Waals surface area (Å²) in [6.45, 7) is 3.52. The number of hydrogen-bond acceptors (Lipinski definition) is 2. The van der Waals surface area contributed by atoms with Crippen LogP contribution in [0.2, 0.25) is 0 Å². The number of ether oxygens (including phenoxy) is 1. The predicted octanol–water partition coefficient (Wildman–Crippen LogP) is 3.76. The Hall–Kier alpha value is -1.80. The minimum absolute atomic E-state index is 0.336. The van der Waals surface area contributed by atoms with Crippen molar-refractivity contribution < 1.29 is 4.74 Å². The minimum Gasteiger partial charge on any atom is -0.493 e. The largest absolute Gasteiger partial charge is 0.493 e. The first-order chi connectivity index (χ1) is 9.85. The van der Waals surface area contributed by atoms with Crippen molar-refractivity contribution in [1.29, 1.82) is 0 Å². The van der Waals surface area contributed by atoms with Crippen LogP contribution in [0.1, 0.15) is 30.4 Å². The maximum atomic E-state index is 5.96. The summed E-state index contributed by atoms with van der Waals surface area (Å²) in [5.41, 5.74) is 8.49. The third kappa shape index (κ3) is 3.84.